The molecule has 0 aliphatic heterocycles. The van der Waals surface area contributed by atoms with Gasteiger partial charge in [0.25, 0.3) is 0 Å². The van der Waals surface area contributed by atoms with Gasteiger partial charge in [0.05, 0.1) is 5.69 Å². The van der Waals surface area contributed by atoms with Crippen LogP contribution < -0.4 is 10.1 Å². The van der Waals surface area contributed by atoms with Gasteiger partial charge in [0.15, 0.2) is 11.6 Å². The Morgan fingerprint density at radius 3 is 2.52 bits per heavy atom. The molecule has 6 heteroatoms. The predicted molar refractivity (Wildman–Crippen MR) is 75.0 cm³/mol. The van der Waals surface area contributed by atoms with E-state index in [2.05, 4.69) is 29.4 Å². The summed E-state index contributed by atoms with van der Waals surface area (Å²) in [5, 5.41) is 11.2. The van der Waals surface area contributed by atoms with E-state index in [-0.39, 0.29) is 11.6 Å². The van der Waals surface area contributed by atoms with E-state index in [9.17, 15) is 8.78 Å². The molecule has 0 aliphatic carbocycles. The lowest BCUT2D eigenvalue weighted by atomic mass is 10.2. The van der Waals surface area contributed by atoms with E-state index in [0.717, 1.165) is 24.4 Å². The van der Waals surface area contributed by atoms with Crippen LogP contribution in [0.1, 0.15) is 19.5 Å². The maximum absolute atomic E-state index is 13.1. The molecule has 1 aromatic heterocycles. The summed E-state index contributed by atoms with van der Waals surface area (Å²) < 4.78 is 31.2. The molecule has 0 fully saturated rings. The molecular formula is C15H17F2N3O. The van der Waals surface area contributed by atoms with Crippen LogP contribution in [0.15, 0.2) is 30.3 Å². The number of nitrogens with one attached hydrogen (secondary N) is 1. The van der Waals surface area contributed by atoms with Crippen LogP contribution in [0, 0.1) is 17.6 Å². The van der Waals surface area contributed by atoms with Crippen molar-refractivity contribution in [2.24, 2.45) is 5.92 Å². The summed E-state index contributed by atoms with van der Waals surface area (Å²) >= 11 is 0. The molecule has 0 amide bonds. The van der Waals surface area contributed by atoms with Gasteiger partial charge in [0.1, 0.15) is 5.75 Å². The van der Waals surface area contributed by atoms with Gasteiger partial charge in [-0.15, -0.1) is 5.10 Å². The van der Waals surface area contributed by atoms with Crippen molar-refractivity contribution in [2.45, 2.75) is 20.4 Å². The summed E-state index contributed by atoms with van der Waals surface area (Å²) in [5.41, 5.74) is 0.785. The second kappa shape index (κ2) is 7.08. The van der Waals surface area contributed by atoms with Gasteiger partial charge in [-0.1, -0.05) is 13.8 Å². The molecule has 112 valence electrons. The smallest absolute Gasteiger partial charge is 0.238 e. The van der Waals surface area contributed by atoms with E-state index >= 15 is 0 Å². The van der Waals surface area contributed by atoms with Crippen LogP contribution in [0.25, 0.3) is 0 Å². The van der Waals surface area contributed by atoms with E-state index < -0.39 is 11.6 Å². The molecule has 1 aromatic carbocycles. The van der Waals surface area contributed by atoms with Crippen molar-refractivity contribution < 1.29 is 13.5 Å². The summed E-state index contributed by atoms with van der Waals surface area (Å²) in [6, 6.07) is 6.71. The molecule has 21 heavy (non-hydrogen) atoms. The molecule has 2 rings (SSSR count). The number of aromatic nitrogens is 2. The molecule has 0 saturated heterocycles. The zero-order chi connectivity index (χ0) is 15.2. The van der Waals surface area contributed by atoms with Gasteiger partial charge in [-0.25, -0.2) is 8.78 Å². The first-order chi connectivity index (χ1) is 10.0. The van der Waals surface area contributed by atoms with Gasteiger partial charge in [-0.05, 0) is 30.7 Å². The van der Waals surface area contributed by atoms with Gasteiger partial charge < -0.3 is 10.1 Å². The zero-order valence-corrected chi connectivity index (χ0v) is 11.9. The lowest BCUT2D eigenvalue weighted by Crippen LogP contribution is -2.19. The Balaban J connectivity index is 1.94. The average molecular weight is 293 g/mol. The molecule has 0 spiro atoms. The Kier molecular flexibility index (Phi) is 5.16. The van der Waals surface area contributed by atoms with Crippen molar-refractivity contribution in [3.05, 3.63) is 47.7 Å². The third-order valence-electron chi connectivity index (χ3n) is 2.67. The Morgan fingerprint density at radius 1 is 1.10 bits per heavy atom. The Hall–Kier alpha value is -2.08. The Morgan fingerprint density at radius 2 is 1.90 bits per heavy atom. The number of hydrogen-bond acceptors (Lipinski definition) is 4. The van der Waals surface area contributed by atoms with E-state index in [1.165, 1.54) is 6.07 Å². The molecule has 0 radical (unpaired) electrons. The highest BCUT2D eigenvalue weighted by Crippen LogP contribution is 2.20. The minimum absolute atomic E-state index is 0.175. The maximum atomic E-state index is 13.1. The number of benzene rings is 1. The molecular weight excluding hydrogens is 276 g/mol. The first kappa shape index (κ1) is 15.3. The zero-order valence-electron chi connectivity index (χ0n) is 11.9. The molecule has 1 heterocycles. The van der Waals surface area contributed by atoms with Crippen LogP contribution in [0.5, 0.6) is 11.6 Å². The highest BCUT2D eigenvalue weighted by Gasteiger charge is 2.05. The molecule has 0 atom stereocenters. The minimum atomic E-state index is -0.963. The van der Waals surface area contributed by atoms with Crippen molar-refractivity contribution in [3.63, 3.8) is 0 Å². The fraction of sp³-hybridized carbons (Fsp3) is 0.333. The second-order valence-corrected chi connectivity index (χ2v) is 5.07. The normalized spacial score (nSPS) is 10.9. The van der Waals surface area contributed by atoms with Crippen molar-refractivity contribution in [1.29, 1.82) is 0 Å². The number of ether oxygens (including phenoxy) is 1. The molecule has 0 aliphatic rings. The standard InChI is InChI=1S/C15H17F2N3O/c1-10(2)8-18-9-11-3-6-15(20-19-11)21-12-4-5-13(16)14(17)7-12/h3-7,10,18H,8-9H2,1-2H3. The fourth-order valence-electron chi connectivity index (χ4n) is 1.65. The van der Waals surface area contributed by atoms with Crippen LogP contribution in [0.2, 0.25) is 0 Å². The van der Waals surface area contributed by atoms with Crippen molar-refractivity contribution in [2.75, 3.05) is 6.54 Å². The molecule has 0 bridgehead atoms. The highest BCUT2D eigenvalue weighted by atomic mass is 19.2. The molecule has 4 nitrogen and oxygen atoms in total. The van der Waals surface area contributed by atoms with Gasteiger partial charge in [0.2, 0.25) is 5.88 Å². The van der Waals surface area contributed by atoms with Crippen molar-refractivity contribution in [3.8, 4) is 11.6 Å². The summed E-state index contributed by atoms with van der Waals surface area (Å²) in [4.78, 5) is 0. The summed E-state index contributed by atoms with van der Waals surface area (Å²) in [6.07, 6.45) is 0. The number of nitrogens with zero attached hydrogens (tertiary/aromatic N) is 2. The van der Waals surface area contributed by atoms with Crippen LogP contribution in [0.4, 0.5) is 8.78 Å². The van der Waals surface area contributed by atoms with Gasteiger partial charge in [0, 0.05) is 18.7 Å². The summed E-state index contributed by atoms with van der Waals surface area (Å²) in [7, 11) is 0. The molecule has 0 unspecified atom stereocenters. The first-order valence-corrected chi connectivity index (χ1v) is 6.71. The van der Waals surface area contributed by atoms with E-state index in [0.29, 0.717) is 12.5 Å². The van der Waals surface area contributed by atoms with Gasteiger partial charge in [-0.3, -0.25) is 0 Å². The molecule has 2 aromatic rings. The molecule has 0 saturated carbocycles. The van der Waals surface area contributed by atoms with E-state index in [4.69, 9.17) is 4.74 Å². The quantitative estimate of drug-likeness (QED) is 0.887. The Bertz CT molecular complexity index is 588. The summed E-state index contributed by atoms with van der Waals surface area (Å²) in [5.74, 6) is -0.911. The number of rotatable bonds is 6. The van der Waals surface area contributed by atoms with E-state index in [1.54, 1.807) is 12.1 Å². The topological polar surface area (TPSA) is 47.0 Å². The van der Waals surface area contributed by atoms with Crippen LogP contribution in [-0.2, 0) is 6.54 Å². The lowest BCUT2D eigenvalue weighted by molar-refractivity contribution is 0.440. The van der Waals surface area contributed by atoms with Crippen LogP contribution in [-0.4, -0.2) is 16.7 Å². The monoisotopic (exact) mass is 293 g/mol. The Labute approximate surface area is 122 Å². The first-order valence-electron chi connectivity index (χ1n) is 6.71. The van der Waals surface area contributed by atoms with Gasteiger partial charge >= 0.3 is 0 Å². The van der Waals surface area contributed by atoms with E-state index in [1.807, 2.05) is 0 Å². The fourth-order valence-corrected chi connectivity index (χ4v) is 1.65. The third kappa shape index (κ3) is 4.75. The highest BCUT2D eigenvalue weighted by molar-refractivity contribution is 5.27. The second-order valence-electron chi connectivity index (χ2n) is 5.07. The average Bonchev–Trinajstić information content (AvgIpc) is 2.44. The van der Waals surface area contributed by atoms with Crippen LogP contribution >= 0.6 is 0 Å². The number of halogens is 2. The largest absolute Gasteiger partial charge is 0.437 e. The SMILES string of the molecule is CC(C)CNCc1ccc(Oc2ccc(F)c(F)c2)nn1. The lowest BCUT2D eigenvalue weighted by Gasteiger charge is -2.07. The number of hydrogen-bond donors (Lipinski definition) is 1. The minimum Gasteiger partial charge on any atom is -0.437 e. The van der Waals surface area contributed by atoms with Crippen LogP contribution in [0.3, 0.4) is 0 Å². The third-order valence-corrected chi connectivity index (χ3v) is 2.67. The summed E-state index contributed by atoms with van der Waals surface area (Å²) in [6.45, 7) is 5.76. The van der Waals surface area contributed by atoms with Gasteiger partial charge in [-0.2, -0.15) is 5.10 Å². The van der Waals surface area contributed by atoms with Crippen molar-refractivity contribution in [1.82, 2.24) is 15.5 Å². The van der Waals surface area contributed by atoms with Crippen molar-refractivity contribution >= 4 is 0 Å². The maximum Gasteiger partial charge on any atom is 0.238 e. The molecule has 1 N–H and O–H groups in total. The predicted octanol–water partition coefficient (Wildman–Crippen LogP) is 3.29.